The Bertz CT molecular complexity index is 504. The Hall–Kier alpha value is -1.63. The summed E-state index contributed by atoms with van der Waals surface area (Å²) in [7, 11) is 1.66. The van der Waals surface area contributed by atoms with Crippen molar-refractivity contribution in [2.75, 3.05) is 31.6 Å². The molecule has 1 N–H and O–H groups in total. The molecule has 0 radical (unpaired) electrons. The Balaban J connectivity index is 2.95. The van der Waals surface area contributed by atoms with Crippen LogP contribution < -0.4 is 4.90 Å². The van der Waals surface area contributed by atoms with Gasteiger partial charge in [0.2, 0.25) is 5.91 Å². The van der Waals surface area contributed by atoms with E-state index in [-0.39, 0.29) is 23.8 Å². The third kappa shape index (κ3) is 3.93. The van der Waals surface area contributed by atoms with Gasteiger partial charge in [0, 0.05) is 30.8 Å². The molecule has 1 aromatic heterocycles. The smallest absolute Gasteiger partial charge is 0.339 e. The molecule has 1 rings (SSSR count). The first-order chi connectivity index (χ1) is 9.40. The predicted molar refractivity (Wildman–Crippen MR) is 80.1 cm³/mol. The maximum Gasteiger partial charge on any atom is 0.339 e. The van der Waals surface area contributed by atoms with Crippen molar-refractivity contribution in [3.8, 4) is 0 Å². The van der Waals surface area contributed by atoms with Crippen LogP contribution in [0.15, 0.2) is 16.7 Å². The average Bonchev–Trinajstić information content (AvgIpc) is 2.39. The van der Waals surface area contributed by atoms with E-state index >= 15 is 0 Å². The molecule has 6 nitrogen and oxygen atoms in total. The summed E-state index contributed by atoms with van der Waals surface area (Å²) < 4.78 is 0.585. The molecule has 0 spiro atoms. The minimum absolute atomic E-state index is 0.0569. The fourth-order valence-electron chi connectivity index (χ4n) is 1.85. The number of rotatable bonds is 6. The topological polar surface area (TPSA) is 73.7 Å². The summed E-state index contributed by atoms with van der Waals surface area (Å²) in [5.41, 5.74) is 0.0641. The highest BCUT2D eigenvalue weighted by molar-refractivity contribution is 9.10. The van der Waals surface area contributed by atoms with Crippen molar-refractivity contribution in [1.29, 1.82) is 0 Å². The van der Waals surface area contributed by atoms with Crippen molar-refractivity contribution >= 4 is 33.6 Å². The Morgan fingerprint density at radius 3 is 2.45 bits per heavy atom. The van der Waals surface area contributed by atoms with Gasteiger partial charge in [0.05, 0.1) is 6.54 Å². The van der Waals surface area contributed by atoms with Crippen LogP contribution in [0.5, 0.6) is 0 Å². The number of carboxylic acids is 1. The summed E-state index contributed by atoms with van der Waals surface area (Å²) in [6.45, 7) is 5.16. The third-order valence-corrected chi connectivity index (χ3v) is 3.35. The quantitative estimate of drug-likeness (QED) is 0.853. The van der Waals surface area contributed by atoms with Gasteiger partial charge in [0.15, 0.2) is 0 Å². The molecule has 0 atom stereocenters. The van der Waals surface area contributed by atoms with Gasteiger partial charge in [0.25, 0.3) is 0 Å². The van der Waals surface area contributed by atoms with Crippen LogP contribution in [0.4, 0.5) is 5.82 Å². The lowest BCUT2D eigenvalue weighted by molar-refractivity contribution is -0.129. The lowest BCUT2D eigenvalue weighted by Gasteiger charge is -2.24. The molecule has 0 saturated heterocycles. The van der Waals surface area contributed by atoms with Crippen LogP contribution in [0.25, 0.3) is 0 Å². The minimum Gasteiger partial charge on any atom is -0.478 e. The van der Waals surface area contributed by atoms with E-state index in [0.717, 1.165) is 0 Å². The van der Waals surface area contributed by atoms with Gasteiger partial charge in [-0.15, -0.1) is 0 Å². The number of aromatic carboxylic acids is 1. The zero-order valence-corrected chi connectivity index (χ0v) is 13.3. The highest BCUT2D eigenvalue weighted by Gasteiger charge is 2.19. The minimum atomic E-state index is -1.07. The van der Waals surface area contributed by atoms with Gasteiger partial charge in [-0.2, -0.15) is 0 Å². The number of aromatic nitrogens is 1. The maximum atomic E-state index is 12.0. The van der Waals surface area contributed by atoms with Gasteiger partial charge in [-0.25, -0.2) is 9.78 Å². The normalized spacial score (nSPS) is 10.2. The fourth-order valence-corrected chi connectivity index (χ4v) is 2.18. The van der Waals surface area contributed by atoms with Crippen LogP contribution in [-0.4, -0.2) is 53.5 Å². The van der Waals surface area contributed by atoms with E-state index in [0.29, 0.717) is 17.6 Å². The molecule has 20 heavy (non-hydrogen) atoms. The maximum absolute atomic E-state index is 12.0. The van der Waals surface area contributed by atoms with Crippen molar-refractivity contribution in [1.82, 2.24) is 9.88 Å². The largest absolute Gasteiger partial charge is 0.478 e. The Labute approximate surface area is 126 Å². The zero-order valence-electron chi connectivity index (χ0n) is 11.8. The zero-order chi connectivity index (χ0) is 15.3. The van der Waals surface area contributed by atoms with E-state index < -0.39 is 5.97 Å². The summed E-state index contributed by atoms with van der Waals surface area (Å²) in [6.07, 6.45) is 1.51. The number of halogens is 1. The van der Waals surface area contributed by atoms with E-state index in [2.05, 4.69) is 20.9 Å². The second-order valence-electron chi connectivity index (χ2n) is 4.25. The molecule has 0 aromatic carbocycles. The second-order valence-corrected chi connectivity index (χ2v) is 5.17. The molecule has 110 valence electrons. The molecule has 7 heteroatoms. The number of anilines is 1. The van der Waals surface area contributed by atoms with Crippen LogP contribution in [0.2, 0.25) is 0 Å². The van der Waals surface area contributed by atoms with Crippen LogP contribution in [0.1, 0.15) is 24.2 Å². The van der Waals surface area contributed by atoms with Crippen molar-refractivity contribution in [3.05, 3.63) is 22.3 Å². The Morgan fingerprint density at radius 1 is 1.35 bits per heavy atom. The molecule has 0 aliphatic heterocycles. The van der Waals surface area contributed by atoms with E-state index in [9.17, 15) is 14.7 Å². The van der Waals surface area contributed by atoms with Gasteiger partial charge in [-0.1, -0.05) is 0 Å². The molecule has 0 unspecified atom stereocenters. The van der Waals surface area contributed by atoms with Gasteiger partial charge < -0.3 is 14.9 Å². The number of nitrogens with zero attached hydrogens (tertiary/aromatic N) is 3. The average molecular weight is 344 g/mol. The highest BCUT2D eigenvalue weighted by atomic mass is 79.9. The molecule has 1 amide bonds. The first-order valence-electron chi connectivity index (χ1n) is 6.28. The first kappa shape index (κ1) is 16.4. The van der Waals surface area contributed by atoms with Gasteiger partial charge in [-0.05, 0) is 35.8 Å². The molecular formula is C13H18BrN3O3. The number of pyridine rings is 1. The molecule has 1 heterocycles. The van der Waals surface area contributed by atoms with Crippen LogP contribution in [0, 0.1) is 0 Å². The Kier molecular flexibility index (Phi) is 5.94. The third-order valence-electron chi connectivity index (χ3n) is 2.91. The van der Waals surface area contributed by atoms with Gasteiger partial charge in [-0.3, -0.25) is 4.79 Å². The molecule has 0 fully saturated rings. The summed E-state index contributed by atoms with van der Waals surface area (Å²) in [5.74, 6) is -0.851. The van der Waals surface area contributed by atoms with Crippen molar-refractivity contribution in [2.24, 2.45) is 0 Å². The Morgan fingerprint density at radius 2 is 1.95 bits per heavy atom. The van der Waals surface area contributed by atoms with E-state index in [1.807, 2.05) is 13.8 Å². The predicted octanol–water partition coefficient (Wildman–Crippen LogP) is 1.85. The van der Waals surface area contributed by atoms with Crippen LogP contribution in [-0.2, 0) is 4.79 Å². The lowest BCUT2D eigenvalue weighted by Crippen LogP contribution is -2.39. The number of hydrogen-bond acceptors (Lipinski definition) is 4. The lowest BCUT2D eigenvalue weighted by atomic mass is 10.2. The summed E-state index contributed by atoms with van der Waals surface area (Å²) in [5, 5.41) is 9.19. The van der Waals surface area contributed by atoms with Crippen molar-refractivity contribution in [2.45, 2.75) is 13.8 Å². The van der Waals surface area contributed by atoms with E-state index in [1.165, 1.54) is 12.3 Å². The molecule has 0 aliphatic carbocycles. The first-order valence-corrected chi connectivity index (χ1v) is 7.07. The van der Waals surface area contributed by atoms with Crippen molar-refractivity contribution in [3.63, 3.8) is 0 Å². The van der Waals surface area contributed by atoms with E-state index in [1.54, 1.807) is 16.8 Å². The number of carboxylic acid groups (broad SMARTS) is 1. The molecule has 0 bridgehead atoms. The molecule has 0 saturated carbocycles. The number of likely N-dealkylation sites (N-methyl/N-ethyl adjacent to an activating group) is 2. The second kappa shape index (κ2) is 7.23. The van der Waals surface area contributed by atoms with Crippen molar-refractivity contribution < 1.29 is 14.7 Å². The SMILES string of the molecule is CCN(CC)C(=O)CN(C)c1ncc(Br)cc1C(=O)O. The van der Waals surface area contributed by atoms with Crippen LogP contribution >= 0.6 is 15.9 Å². The summed E-state index contributed by atoms with van der Waals surface area (Å²) in [4.78, 5) is 30.6. The molecule has 0 aliphatic rings. The van der Waals surface area contributed by atoms with E-state index in [4.69, 9.17) is 0 Å². The number of hydrogen-bond donors (Lipinski definition) is 1. The monoisotopic (exact) mass is 343 g/mol. The number of amides is 1. The number of carbonyl (C=O) groups excluding carboxylic acids is 1. The highest BCUT2D eigenvalue weighted by Crippen LogP contribution is 2.20. The number of carbonyl (C=O) groups is 2. The van der Waals surface area contributed by atoms with Crippen LogP contribution in [0.3, 0.4) is 0 Å². The standard InChI is InChI=1S/C13H18BrN3O3/c1-4-17(5-2)11(18)8-16(3)12-10(13(19)20)6-9(14)7-15-12/h6-7H,4-5,8H2,1-3H3,(H,19,20). The molecule has 1 aromatic rings. The fraction of sp³-hybridized carbons (Fsp3) is 0.462. The summed E-state index contributed by atoms with van der Waals surface area (Å²) in [6, 6.07) is 1.48. The van der Waals surface area contributed by atoms with Gasteiger partial charge >= 0.3 is 5.97 Å². The molecular weight excluding hydrogens is 326 g/mol. The van der Waals surface area contributed by atoms with Gasteiger partial charge in [0.1, 0.15) is 11.4 Å². The summed E-state index contributed by atoms with van der Waals surface area (Å²) >= 11 is 3.19.